The van der Waals surface area contributed by atoms with Gasteiger partial charge in [-0.25, -0.2) is 0 Å². The summed E-state index contributed by atoms with van der Waals surface area (Å²) < 4.78 is 0. The van der Waals surface area contributed by atoms with E-state index >= 15 is 0 Å². The summed E-state index contributed by atoms with van der Waals surface area (Å²) in [5.41, 5.74) is -1.27. The van der Waals surface area contributed by atoms with Crippen molar-refractivity contribution >= 4 is 15.9 Å². The molecule has 3 heteroatoms. The first-order chi connectivity index (χ1) is 5.57. The van der Waals surface area contributed by atoms with Crippen LogP contribution in [-0.2, 0) is 0 Å². The molecule has 2 nitrogen and oxygen atoms in total. The van der Waals surface area contributed by atoms with E-state index in [1.54, 1.807) is 0 Å². The second-order valence-corrected chi connectivity index (χ2v) is 5.19. The fourth-order valence-corrected chi connectivity index (χ4v) is 3.57. The monoisotopic (exact) mass is 234 g/mol. The van der Waals surface area contributed by atoms with Gasteiger partial charge in [-0.1, -0.05) is 15.9 Å². The van der Waals surface area contributed by atoms with Crippen molar-refractivity contribution in [3.8, 4) is 0 Å². The van der Waals surface area contributed by atoms with Gasteiger partial charge in [0.25, 0.3) is 0 Å². The topological polar surface area (TPSA) is 40.5 Å². The molecule has 0 unspecified atom stereocenters. The van der Waals surface area contributed by atoms with E-state index in [1.807, 2.05) is 0 Å². The number of rotatable bonds is 0. The van der Waals surface area contributed by atoms with Crippen molar-refractivity contribution in [3.05, 3.63) is 0 Å². The Morgan fingerprint density at radius 2 is 1.25 bits per heavy atom. The van der Waals surface area contributed by atoms with Crippen LogP contribution in [0.25, 0.3) is 0 Å². The van der Waals surface area contributed by atoms with Gasteiger partial charge >= 0.3 is 0 Å². The predicted molar refractivity (Wildman–Crippen MR) is 50.3 cm³/mol. The second kappa shape index (κ2) is 2.69. The third-order valence-electron chi connectivity index (χ3n) is 3.38. The third kappa shape index (κ3) is 1.14. The Morgan fingerprint density at radius 1 is 0.917 bits per heavy atom. The SMILES string of the molecule is OC12CCCC(O)(CCC1)C2Br. The molecule has 2 rings (SSSR count). The van der Waals surface area contributed by atoms with Gasteiger partial charge < -0.3 is 10.2 Å². The molecule has 70 valence electrons. The van der Waals surface area contributed by atoms with Crippen molar-refractivity contribution in [2.24, 2.45) is 0 Å². The number of fused-ring (bicyclic) bond motifs is 2. The Bertz CT molecular complexity index is 165. The molecule has 0 aromatic rings. The van der Waals surface area contributed by atoms with E-state index < -0.39 is 11.2 Å². The molecule has 0 aliphatic heterocycles. The van der Waals surface area contributed by atoms with Gasteiger partial charge in [-0.2, -0.15) is 0 Å². The molecule has 0 aromatic heterocycles. The summed E-state index contributed by atoms with van der Waals surface area (Å²) in [5, 5.41) is 20.3. The highest BCUT2D eigenvalue weighted by molar-refractivity contribution is 9.09. The average Bonchev–Trinajstić information content (AvgIpc) is 1.97. The molecule has 0 saturated heterocycles. The van der Waals surface area contributed by atoms with Crippen LogP contribution in [0.1, 0.15) is 38.5 Å². The van der Waals surface area contributed by atoms with Gasteiger partial charge in [0, 0.05) is 0 Å². The van der Waals surface area contributed by atoms with Gasteiger partial charge in [-0.05, 0) is 38.5 Å². The maximum atomic E-state index is 10.1. The number of hydrogen-bond acceptors (Lipinski definition) is 2. The van der Waals surface area contributed by atoms with Crippen LogP contribution in [-0.4, -0.2) is 26.2 Å². The molecule has 2 N–H and O–H groups in total. The molecule has 2 fully saturated rings. The number of hydrogen-bond donors (Lipinski definition) is 2. The second-order valence-electron chi connectivity index (χ2n) is 4.28. The molecular weight excluding hydrogens is 220 g/mol. The molecule has 0 atom stereocenters. The van der Waals surface area contributed by atoms with Gasteiger partial charge in [-0.15, -0.1) is 0 Å². The van der Waals surface area contributed by atoms with Gasteiger partial charge in [-0.3, -0.25) is 0 Å². The molecule has 0 radical (unpaired) electrons. The van der Waals surface area contributed by atoms with Crippen LogP contribution in [0.4, 0.5) is 0 Å². The first-order valence-corrected chi connectivity index (χ1v) is 5.57. The Labute approximate surface area is 81.1 Å². The van der Waals surface area contributed by atoms with Crippen molar-refractivity contribution in [1.29, 1.82) is 0 Å². The lowest BCUT2D eigenvalue weighted by Crippen LogP contribution is -2.59. The van der Waals surface area contributed by atoms with Crippen molar-refractivity contribution in [1.82, 2.24) is 0 Å². The molecule has 12 heavy (non-hydrogen) atoms. The van der Waals surface area contributed by atoms with E-state index in [0.717, 1.165) is 38.5 Å². The summed E-state index contributed by atoms with van der Waals surface area (Å²) in [7, 11) is 0. The molecule has 0 spiro atoms. The van der Waals surface area contributed by atoms with E-state index in [4.69, 9.17) is 0 Å². The summed E-state index contributed by atoms with van der Waals surface area (Å²) in [6.45, 7) is 0. The zero-order valence-electron chi connectivity index (χ0n) is 7.09. The highest BCUT2D eigenvalue weighted by atomic mass is 79.9. The fourth-order valence-electron chi connectivity index (χ4n) is 2.66. The molecule has 0 heterocycles. The zero-order valence-corrected chi connectivity index (χ0v) is 8.68. The van der Waals surface area contributed by atoms with Crippen LogP contribution < -0.4 is 0 Å². The minimum atomic E-state index is -0.634. The average molecular weight is 235 g/mol. The molecule has 2 saturated carbocycles. The Kier molecular flexibility index (Phi) is 2.01. The summed E-state index contributed by atoms with van der Waals surface area (Å²) in [6.07, 6.45) is 5.26. The first kappa shape index (κ1) is 8.97. The predicted octanol–water partition coefficient (Wildman–Crippen LogP) is 1.58. The Hall–Kier alpha value is 0.400. The van der Waals surface area contributed by atoms with E-state index in [9.17, 15) is 10.2 Å². The van der Waals surface area contributed by atoms with Gasteiger partial charge in [0.05, 0.1) is 16.0 Å². The summed E-state index contributed by atoms with van der Waals surface area (Å²) in [4.78, 5) is -0.111. The lowest BCUT2D eigenvalue weighted by Gasteiger charge is -2.51. The van der Waals surface area contributed by atoms with Crippen molar-refractivity contribution in [3.63, 3.8) is 0 Å². The summed E-state index contributed by atoms with van der Waals surface area (Å²) >= 11 is 3.44. The third-order valence-corrected chi connectivity index (χ3v) is 5.09. The minimum Gasteiger partial charge on any atom is -0.389 e. The highest BCUT2D eigenvalue weighted by Gasteiger charge is 2.53. The normalized spacial score (nSPS) is 53.8. The van der Waals surface area contributed by atoms with Crippen molar-refractivity contribution in [2.45, 2.75) is 54.6 Å². The first-order valence-electron chi connectivity index (χ1n) is 4.66. The van der Waals surface area contributed by atoms with E-state index in [-0.39, 0.29) is 4.83 Å². The molecule has 0 amide bonds. The van der Waals surface area contributed by atoms with Crippen molar-refractivity contribution < 1.29 is 10.2 Å². The lowest BCUT2D eigenvalue weighted by molar-refractivity contribution is -0.122. The van der Waals surface area contributed by atoms with Crippen LogP contribution in [0.5, 0.6) is 0 Å². The van der Waals surface area contributed by atoms with Gasteiger partial charge in [0.15, 0.2) is 0 Å². The fraction of sp³-hybridized carbons (Fsp3) is 1.00. The Balaban J connectivity index is 2.27. The van der Waals surface area contributed by atoms with E-state index in [1.165, 1.54) is 0 Å². The van der Waals surface area contributed by atoms with Crippen LogP contribution in [0, 0.1) is 0 Å². The quantitative estimate of drug-likeness (QED) is 0.626. The summed E-state index contributed by atoms with van der Waals surface area (Å²) in [6, 6.07) is 0. The molecule has 0 aromatic carbocycles. The maximum absolute atomic E-state index is 10.1. The van der Waals surface area contributed by atoms with Crippen LogP contribution >= 0.6 is 15.9 Å². The molecule has 2 bridgehead atoms. The molecule has 2 aliphatic rings. The smallest absolute Gasteiger partial charge is 0.0800 e. The lowest BCUT2D eigenvalue weighted by atomic mass is 9.66. The largest absolute Gasteiger partial charge is 0.389 e. The van der Waals surface area contributed by atoms with E-state index in [0.29, 0.717) is 0 Å². The Morgan fingerprint density at radius 3 is 1.50 bits per heavy atom. The van der Waals surface area contributed by atoms with Crippen LogP contribution in [0.3, 0.4) is 0 Å². The van der Waals surface area contributed by atoms with E-state index in [2.05, 4.69) is 15.9 Å². The highest BCUT2D eigenvalue weighted by Crippen LogP contribution is 2.48. The zero-order chi connectivity index (χ0) is 8.82. The minimum absolute atomic E-state index is 0.111. The molecular formula is C9H15BrO2. The standard InChI is InChI=1S/C9H15BrO2/c10-7-8(11)3-1-4-9(7,12)6-2-5-8/h7,11-12H,1-6H2. The summed E-state index contributed by atoms with van der Waals surface area (Å²) in [5.74, 6) is 0. The number of halogens is 1. The van der Waals surface area contributed by atoms with Gasteiger partial charge in [0.2, 0.25) is 0 Å². The number of alkyl halides is 1. The van der Waals surface area contributed by atoms with Crippen LogP contribution in [0.15, 0.2) is 0 Å². The number of aliphatic hydroxyl groups is 2. The van der Waals surface area contributed by atoms with Crippen molar-refractivity contribution in [2.75, 3.05) is 0 Å². The molecule has 2 aliphatic carbocycles. The maximum Gasteiger partial charge on any atom is 0.0800 e. The van der Waals surface area contributed by atoms with Crippen LogP contribution in [0.2, 0.25) is 0 Å². The van der Waals surface area contributed by atoms with Gasteiger partial charge in [0.1, 0.15) is 0 Å².